The fourth-order valence-corrected chi connectivity index (χ4v) is 4.11. The fourth-order valence-electron chi connectivity index (χ4n) is 3.67. The maximum atomic E-state index is 8.91. The number of halogens is 1. The van der Waals surface area contributed by atoms with E-state index in [9.17, 15) is 0 Å². The summed E-state index contributed by atoms with van der Waals surface area (Å²) in [4.78, 5) is 11.2. The van der Waals surface area contributed by atoms with Crippen LogP contribution in [0.25, 0.3) is 0 Å². The Bertz CT molecular complexity index is 492. The van der Waals surface area contributed by atoms with Crippen LogP contribution in [0, 0.1) is 22.7 Å². The van der Waals surface area contributed by atoms with Crippen LogP contribution in [0.1, 0.15) is 59.8 Å². The molecule has 0 N–H and O–H groups in total. The predicted molar refractivity (Wildman–Crippen MR) is 97.2 cm³/mol. The summed E-state index contributed by atoms with van der Waals surface area (Å²) in [5.41, 5.74) is 0.390. The highest BCUT2D eigenvalue weighted by atomic mass is 35.5. The first-order valence-corrected chi connectivity index (χ1v) is 9.19. The zero-order valence-electron chi connectivity index (χ0n) is 14.8. The molecule has 0 aromatic heterocycles. The highest BCUT2D eigenvalue weighted by molar-refractivity contribution is 6.33. The maximum absolute atomic E-state index is 8.91. The highest BCUT2D eigenvalue weighted by Gasteiger charge is 2.33. The fraction of sp³-hybridized carbons (Fsp3) is 0.833. The van der Waals surface area contributed by atoms with Gasteiger partial charge in [0.15, 0.2) is 0 Å². The predicted octanol–water partition coefficient (Wildman–Crippen LogP) is 4.24. The van der Waals surface area contributed by atoms with Crippen molar-refractivity contribution in [2.24, 2.45) is 21.3 Å². The first-order chi connectivity index (χ1) is 10.9. The molecule has 2 rings (SSSR count). The Labute approximate surface area is 145 Å². The molecule has 128 valence electrons. The van der Waals surface area contributed by atoms with Gasteiger partial charge in [-0.25, -0.2) is 4.99 Å². The summed E-state index contributed by atoms with van der Waals surface area (Å²) in [7, 11) is 0. The van der Waals surface area contributed by atoms with Gasteiger partial charge in [-0.2, -0.15) is 5.26 Å². The van der Waals surface area contributed by atoms with E-state index in [0.717, 1.165) is 31.0 Å². The van der Waals surface area contributed by atoms with Crippen molar-refractivity contribution in [1.82, 2.24) is 4.90 Å². The lowest BCUT2D eigenvalue weighted by molar-refractivity contribution is 0.170. The number of hydrogen-bond donors (Lipinski definition) is 0. The standard InChI is InChI=1S/C18H29ClN4/c1-5-15-16(19)17(21-12-23(15)11-10-20)22-14-8-6-13(7-9-14)18(2,3)4/h12-16H,5-9,11H2,1-4H3. The number of amidine groups is 1. The Balaban J connectivity index is 2.03. The minimum atomic E-state index is -0.223. The summed E-state index contributed by atoms with van der Waals surface area (Å²) in [6.45, 7) is 9.42. The summed E-state index contributed by atoms with van der Waals surface area (Å²) in [6.07, 6.45) is 7.36. The third-order valence-electron chi connectivity index (χ3n) is 5.26. The second kappa shape index (κ2) is 7.66. The molecule has 2 aliphatic rings. The van der Waals surface area contributed by atoms with Gasteiger partial charge in [0.2, 0.25) is 0 Å². The molecular weight excluding hydrogens is 308 g/mol. The molecule has 1 aliphatic heterocycles. The van der Waals surface area contributed by atoms with Gasteiger partial charge in [-0.1, -0.05) is 27.7 Å². The quantitative estimate of drug-likeness (QED) is 0.571. The van der Waals surface area contributed by atoms with Crippen LogP contribution in [-0.2, 0) is 0 Å². The van der Waals surface area contributed by atoms with E-state index in [4.69, 9.17) is 21.9 Å². The number of alkyl halides is 1. The van der Waals surface area contributed by atoms with Gasteiger partial charge in [0, 0.05) is 0 Å². The maximum Gasteiger partial charge on any atom is 0.145 e. The molecule has 2 atom stereocenters. The van der Waals surface area contributed by atoms with Crippen LogP contribution in [0.4, 0.5) is 0 Å². The molecule has 1 aliphatic carbocycles. The Kier molecular flexibility index (Phi) is 6.08. The molecule has 2 unspecified atom stereocenters. The van der Waals surface area contributed by atoms with Gasteiger partial charge in [0.25, 0.3) is 0 Å². The average Bonchev–Trinajstić information content (AvgIpc) is 2.50. The molecule has 4 nitrogen and oxygen atoms in total. The molecule has 1 fully saturated rings. The van der Waals surface area contributed by atoms with Gasteiger partial charge >= 0.3 is 0 Å². The third kappa shape index (κ3) is 4.47. The van der Waals surface area contributed by atoms with Crippen molar-refractivity contribution in [2.45, 2.75) is 77.3 Å². The van der Waals surface area contributed by atoms with Crippen molar-refractivity contribution >= 4 is 23.8 Å². The smallest absolute Gasteiger partial charge is 0.145 e. The lowest BCUT2D eigenvalue weighted by Gasteiger charge is -2.37. The van der Waals surface area contributed by atoms with Crippen molar-refractivity contribution in [3.8, 4) is 6.07 Å². The van der Waals surface area contributed by atoms with Crippen LogP contribution >= 0.6 is 11.6 Å². The Morgan fingerprint density at radius 1 is 1.35 bits per heavy atom. The normalized spacial score (nSPS) is 33.7. The van der Waals surface area contributed by atoms with Crippen molar-refractivity contribution in [2.75, 3.05) is 6.54 Å². The number of aliphatic imine (C=N–C) groups is 2. The van der Waals surface area contributed by atoms with Crippen LogP contribution in [0.2, 0.25) is 0 Å². The van der Waals surface area contributed by atoms with E-state index in [-0.39, 0.29) is 11.4 Å². The summed E-state index contributed by atoms with van der Waals surface area (Å²) >= 11 is 6.60. The summed E-state index contributed by atoms with van der Waals surface area (Å²) in [6, 6.07) is 2.63. The molecule has 0 aromatic rings. The van der Waals surface area contributed by atoms with Crippen LogP contribution in [0.15, 0.2) is 9.98 Å². The Morgan fingerprint density at radius 2 is 2.00 bits per heavy atom. The number of nitrogens with zero attached hydrogens (tertiary/aromatic N) is 4. The summed E-state index contributed by atoms with van der Waals surface area (Å²) in [5, 5.41) is 8.69. The molecular formula is C18H29ClN4. The SMILES string of the molecule is CCC1C(Cl)C(=NC2CCC(C(C)(C)C)CC2)N=CN1CC#N. The van der Waals surface area contributed by atoms with Gasteiger partial charge in [-0.15, -0.1) is 11.6 Å². The second-order valence-electron chi connectivity index (χ2n) is 7.81. The van der Waals surface area contributed by atoms with Crippen molar-refractivity contribution in [1.29, 1.82) is 5.26 Å². The van der Waals surface area contributed by atoms with Gasteiger partial charge in [-0.05, 0) is 43.4 Å². The molecule has 0 spiro atoms. The average molecular weight is 337 g/mol. The van der Waals surface area contributed by atoms with E-state index < -0.39 is 0 Å². The molecule has 5 heteroatoms. The Hall–Kier alpha value is -1.08. The minimum Gasteiger partial charge on any atom is -0.344 e. The van der Waals surface area contributed by atoms with E-state index in [1.807, 2.05) is 4.90 Å². The van der Waals surface area contributed by atoms with E-state index in [0.29, 0.717) is 18.0 Å². The van der Waals surface area contributed by atoms with E-state index in [1.54, 1.807) is 6.34 Å². The molecule has 1 saturated carbocycles. The minimum absolute atomic E-state index is 0.110. The van der Waals surface area contributed by atoms with Crippen LogP contribution in [-0.4, -0.2) is 41.1 Å². The van der Waals surface area contributed by atoms with E-state index >= 15 is 0 Å². The molecule has 0 radical (unpaired) electrons. The van der Waals surface area contributed by atoms with Gasteiger partial charge in [0.05, 0.1) is 24.5 Å². The molecule has 0 amide bonds. The van der Waals surface area contributed by atoms with Crippen LogP contribution in [0.5, 0.6) is 0 Å². The van der Waals surface area contributed by atoms with Gasteiger partial charge in [0.1, 0.15) is 17.8 Å². The van der Waals surface area contributed by atoms with E-state index in [1.165, 1.54) is 12.8 Å². The topological polar surface area (TPSA) is 51.8 Å². The Morgan fingerprint density at radius 3 is 2.52 bits per heavy atom. The van der Waals surface area contributed by atoms with Crippen LogP contribution in [0.3, 0.4) is 0 Å². The summed E-state index contributed by atoms with van der Waals surface area (Å²) < 4.78 is 0. The van der Waals surface area contributed by atoms with E-state index in [2.05, 4.69) is 38.8 Å². The third-order valence-corrected chi connectivity index (χ3v) is 5.74. The zero-order valence-corrected chi connectivity index (χ0v) is 15.6. The van der Waals surface area contributed by atoms with Gasteiger partial charge < -0.3 is 4.90 Å². The largest absolute Gasteiger partial charge is 0.344 e. The monoisotopic (exact) mass is 336 g/mol. The lowest BCUT2D eigenvalue weighted by Crippen LogP contribution is -2.47. The van der Waals surface area contributed by atoms with Gasteiger partial charge in [-0.3, -0.25) is 4.99 Å². The lowest BCUT2D eigenvalue weighted by atomic mass is 9.71. The number of rotatable bonds is 3. The van der Waals surface area contributed by atoms with Crippen LogP contribution < -0.4 is 0 Å². The van der Waals surface area contributed by atoms with Crippen molar-refractivity contribution < 1.29 is 0 Å². The second-order valence-corrected chi connectivity index (χ2v) is 8.28. The number of nitriles is 1. The van der Waals surface area contributed by atoms with Crippen molar-refractivity contribution in [3.63, 3.8) is 0 Å². The first kappa shape index (κ1) is 18.3. The molecule has 0 bridgehead atoms. The first-order valence-electron chi connectivity index (χ1n) is 8.75. The highest BCUT2D eigenvalue weighted by Crippen LogP contribution is 2.38. The summed E-state index contributed by atoms with van der Waals surface area (Å²) in [5.74, 6) is 1.54. The van der Waals surface area contributed by atoms with Crippen molar-refractivity contribution in [3.05, 3.63) is 0 Å². The molecule has 0 saturated heterocycles. The molecule has 1 heterocycles. The molecule has 0 aromatic carbocycles. The number of hydrogen-bond acceptors (Lipinski definition) is 3. The zero-order chi connectivity index (χ0) is 17.0. The molecule has 23 heavy (non-hydrogen) atoms.